The van der Waals surface area contributed by atoms with Crippen LogP contribution in [0.25, 0.3) is 11.0 Å². The molecule has 0 radical (unpaired) electrons. The average molecular weight is 246 g/mol. The quantitative estimate of drug-likeness (QED) is 0.657. The number of imidazole rings is 1. The number of fused-ring (bicyclic) bond motifs is 1. The van der Waals surface area contributed by atoms with Gasteiger partial charge in [-0.3, -0.25) is 0 Å². The zero-order valence-electron chi connectivity index (χ0n) is 10.9. The van der Waals surface area contributed by atoms with E-state index in [0.29, 0.717) is 0 Å². The van der Waals surface area contributed by atoms with Gasteiger partial charge in [-0.15, -0.1) is 0 Å². The van der Waals surface area contributed by atoms with Crippen LogP contribution in [0.5, 0.6) is 0 Å². The number of aromatic nitrogens is 2. The van der Waals surface area contributed by atoms with Gasteiger partial charge in [0.1, 0.15) is 5.82 Å². The van der Waals surface area contributed by atoms with Crippen LogP contribution in [-0.4, -0.2) is 23.1 Å². The van der Waals surface area contributed by atoms with Gasteiger partial charge in [0.2, 0.25) is 0 Å². The maximum absolute atomic E-state index is 5.47. The molecule has 0 aliphatic rings. The van der Waals surface area contributed by atoms with E-state index in [1.54, 1.807) is 0 Å². The Morgan fingerprint density at radius 1 is 1.28 bits per heavy atom. The maximum atomic E-state index is 5.47. The van der Waals surface area contributed by atoms with Gasteiger partial charge >= 0.3 is 0 Å². The third kappa shape index (κ3) is 3.31. The summed E-state index contributed by atoms with van der Waals surface area (Å²) in [6.07, 6.45) is 3.47. The largest absolute Gasteiger partial charge is 0.341 e. The number of H-pyrrole nitrogens is 1. The molecule has 0 bridgehead atoms. The van der Waals surface area contributed by atoms with Crippen molar-refractivity contribution in [3.8, 4) is 0 Å². The highest BCUT2D eigenvalue weighted by molar-refractivity contribution is 5.74. The SMILES string of the molecule is CC(NCCCCCN)c1nc2ccccc2[nH]1. The van der Waals surface area contributed by atoms with Crippen molar-refractivity contribution in [1.82, 2.24) is 15.3 Å². The Morgan fingerprint density at radius 2 is 2.11 bits per heavy atom. The van der Waals surface area contributed by atoms with Gasteiger partial charge in [0.05, 0.1) is 17.1 Å². The molecule has 1 aromatic heterocycles. The first-order valence-electron chi connectivity index (χ1n) is 6.69. The van der Waals surface area contributed by atoms with E-state index in [4.69, 9.17) is 5.73 Å². The molecule has 0 fully saturated rings. The summed E-state index contributed by atoms with van der Waals surface area (Å²) >= 11 is 0. The molecule has 1 aromatic carbocycles. The van der Waals surface area contributed by atoms with E-state index in [1.807, 2.05) is 18.2 Å². The first-order valence-corrected chi connectivity index (χ1v) is 6.69. The molecule has 2 aromatic rings. The molecule has 0 aliphatic heterocycles. The molecular formula is C14H22N4. The molecule has 1 unspecified atom stereocenters. The zero-order valence-corrected chi connectivity index (χ0v) is 10.9. The molecule has 1 atom stereocenters. The molecule has 0 saturated heterocycles. The van der Waals surface area contributed by atoms with Gasteiger partial charge in [-0.2, -0.15) is 0 Å². The number of unbranched alkanes of at least 4 members (excludes halogenated alkanes) is 2. The van der Waals surface area contributed by atoms with Crippen molar-refractivity contribution in [1.29, 1.82) is 0 Å². The lowest BCUT2D eigenvalue weighted by Gasteiger charge is -2.10. The molecule has 0 amide bonds. The van der Waals surface area contributed by atoms with Crippen LogP contribution in [0.15, 0.2) is 24.3 Å². The van der Waals surface area contributed by atoms with Crippen molar-refractivity contribution in [2.75, 3.05) is 13.1 Å². The molecule has 4 nitrogen and oxygen atoms in total. The standard InChI is InChI=1S/C14H22N4/c1-11(16-10-6-2-5-9-15)14-17-12-7-3-4-8-13(12)18-14/h3-4,7-8,11,16H,2,5-6,9-10,15H2,1H3,(H,17,18). The van der Waals surface area contributed by atoms with E-state index in [9.17, 15) is 0 Å². The summed E-state index contributed by atoms with van der Waals surface area (Å²) in [6, 6.07) is 8.38. The predicted octanol–water partition coefficient (Wildman–Crippen LogP) is 2.34. The fourth-order valence-electron chi connectivity index (χ4n) is 2.04. The number of nitrogens with zero attached hydrogens (tertiary/aromatic N) is 1. The highest BCUT2D eigenvalue weighted by Gasteiger charge is 2.09. The lowest BCUT2D eigenvalue weighted by Crippen LogP contribution is -2.21. The predicted molar refractivity (Wildman–Crippen MR) is 75.4 cm³/mol. The molecule has 0 spiro atoms. The summed E-state index contributed by atoms with van der Waals surface area (Å²) in [5.74, 6) is 1.01. The van der Waals surface area contributed by atoms with E-state index < -0.39 is 0 Å². The van der Waals surface area contributed by atoms with Crippen molar-refractivity contribution in [3.05, 3.63) is 30.1 Å². The monoisotopic (exact) mass is 246 g/mol. The molecule has 0 aliphatic carbocycles. The van der Waals surface area contributed by atoms with E-state index in [1.165, 1.54) is 12.8 Å². The van der Waals surface area contributed by atoms with Crippen molar-refractivity contribution in [2.45, 2.75) is 32.2 Å². The van der Waals surface area contributed by atoms with E-state index in [-0.39, 0.29) is 6.04 Å². The van der Waals surface area contributed by atoms with Crippen LogP contribution in [0, 0.1) is 0 Å². The third-order valence-corrected chi connectivity index (χ3v) is 3.15. The van der Waals surface area contributed by atoms with Crippen molar-refractivity contribution < 1.29 is 0 Å². The van der Waals surface area contributed by atoms with Gasteiger partial charge < -0.3 is 16.0 Å². The fraction of sp³-hybridized carbons (Fsp3) is 0.500. The van der Waals surface area contributed by atoms with Crippen LogP contribution in [0.3, 0.4) is 0 Å². The summed E-state index contributed by atoms with van der Waals surface area (Å²) < 4.78 is 0. The normalized spacial score (nSPS) is 13.0. The second-order valence-electron chi connectivity index (χ2n) is 4.66. The number of nitrogens with two attached hydrogens (primary N) is 1. The van der Waals surface area contributed by atoms with Crippen LogP contribution < -0.4 is 11.1 Å². The van der Waals surface area contributed by atoms with Gasteiger partial charge in [0, 0.05) is 0 Å². The van der Waals surface area contributed by atoms with Gasteiger partial charge in [-0.1, -0.05) is 18.6 Å². The van der Waals surface area contributed by atoms with Gasteiger partial charge in [-0.25, -0.2) is 4.98 Å². The summed E-state index contributed by atoms with van der Waals surface area (Å²) in [5.41, 5.74) is 7.60. The smallest absolute Gasteiger partial charge is 0.124 e. The van der Waals surface area contributed by atoms with Crippen LogP contribution in [0.4, 0.5) is 0 Å². The van der Waals surface area contributed by atoms with Crippen molar-refractivity contribution in [3.63, 3.8) is 0 Å². The molecule has 2 rings (SSSR count). The Balaban J connectivity index is 1.86. The second-order valence-corrected chi connectivity index (χ2v) is 4.66. The van der Waals surface area contributed by atoms with Crippen LogP contribution >= 0.6 is 0 Å². The highest BCUT2D eigenvalue weighted by Crippen LogP contribution is 2.15. The number of rotatable bonds is 7. The molecule has 18 heavy (non-hydrogen) atoms. The minimum atomic E-state index is 0.260. The second kappa shape index (κ2) is 6.52. The lowest BCUT2D eigenvalue weighted by molar-refractivity contribution is 0.525. The molecule has 98 valence electrons. The maximum Gasteiger partial charge on any atom is 0.124 e. The van der Waals surface area contributed by atoms with Gasteiger partial charge in [-0.05, 0) is 45.0 Å². The number of benzene rings is 1. The molecule has 4 heteroatoms. The van der Waals surface area contributed by atoms with E-state index >= 15 is 0 Å². The number of aromatic amines is 1. The van der Waals surface area contributed by atoms with E-state index in [0.717, 1.165) is 36.4 Å². The van der Waals surface area contributed by atoms with Crippen LogP contribution in [-0.2, 0) is 0 Å². The average Bonchev–Trinajstić information content (AvgIpc) is 2.82. The first-order chi connectivity index (χ1) is 8.81. The lowest BCUT2D eigenvalue weighted by atomic mass is 10.2. The minimum Gasteiger partial charge on any atom is -0.341 e. The molecular weight excluding hydrogens is 224 g/mol. The summed E-state index contributed by atoms with van der Waals surface area (Å²) in [6.45, 7) is 3.94. The number of para-hydroxylation sites is 2. The van der Waals surface area contributed by atoms with Gasteiger partial charge in [0.25, 0.3) is 0 Å². The number of nitrogens with one attached hydrogen (secondary N) is 2. The summed E-state index contributed by atoms with van der Waals surface area (Å²) in [7, 11) is 0. The number of hydrogen-bond acceptors (Lipinski definition) is 3. The zero-order chi connectivity index (χ0) is 12.8. The van der Waals surface area contributed by atoms with Gasteiger partial charge in [0.15, 0.2) is 0 Å². The van der Waals surface area contributed by atoms with Crippen molar-refractivity contribution in [2.24, 2.45) is 5.73 Å². The number of hydrogen-bond donors (Lipinski definition) is 3. The highest BCUT2D eigenvalue weighted by atomic mass is 15.0. The molecule has 1 heterocycles. The first kappa shape index (κ1) is 13.1. The molecule has 0 saturated carbocycles. The Bertz CT molecular complexity index is 444. The summed E-state index contributed by atoms with van der Waals surface area (Å²) in [4.78, 5) is 7.94. The Kier molecular flexibility index (Phi) is 4.73. The Hall–Kier alpha value is -1.39. The summed E-state index contributed by atoms with van der Waals surface area (Å²) in [5, 5.41) is 3.48. The van der Waals surface area contributed by atoms with E-state index in [2.05, 4.69) is 28.3 Å². The van der Waals surface area contributed by atoms with Crippen LogP contribution in [0.1, 0.15) is 38.1 Å². The molecule has 4 N–H and O–H groups in total. The fourth-order valence-corrected chi connectivity index (χ4v) is 2.04. The minimum absolute atomic E-state index is 0.260. The Morgan fingerprint density at radius 3 is 2.89 bits per heavy atom. The Labute approximate surface area is 108 Å². The third-order valence-electron chi connectivity index (χ3n) is 3.15. The van der Waals surface area contributed by atoms with Crippen LogP contribution in [0.2, 0.25) is 0 Å². The topological polar surface area (TPSA) is 66.7 Å². The van der Waals surface area contributed by atoms with Crippen molar-refractivity contribution >= 4 is 11.0 Å².